The average molecular weight is 467 g/mol. The Balaban J connectivity index is 1.66. The number of ether oxygens (including phenoxy) is 1. The van der Waals surface area contributed by atoms with Gasteiger partial charge in [0.25, 0.3) is 0 Å². The molecule has 0 fully saturated rings. The maximum absolute atomic E-state index is 12.9. The smallest absolute Gasteiger partial charge is 0.407 e. The van der Waals surface area contributed by atoms with Gasteiger partial charge in [-0.3, -0.25) is 4.79 Å². The highest BCUT2D eigenvalue weighted by molar-refractivity contribution is 5.87. The molecule has 0 aromatic heterocycles. The van der Waals surface area contributed by atoms with Crippen LogP contribution in [0.1, 0.15) is 58.1 Å². The van der Waals surface area contributed by atoms with Crippen LogP contribution >= 0.6 is 0 Å². The molecule has 0 unspecified atom stereocenters. The van der Waals surface area contributed by atoms with E-state index in [1.54, 1.807) is 6.92 Å². The number of carbonyl (C=O) groups excluding carboxylic acids is 2. The molecule has 0 bridgehead atoms. The summed E-state index contributed by atoms with van der Waals surface area (Å²) < 4.78 is 5.63. The second-order valence-electron chi connectivity index (χ2n) is 9.53. The molecule has 7 nitrogen and oxygen atoms in total. The summed E-state index contributed by atoms with van der Waals surface area (Å²) in [7, 11) is 0. The molecule has 2 aromatic carbocycles. The Labute approximate surface area is 201 Å². The first kappa shape index (κ1) is 25.3. The Morgan fingerprint density at radius 2 is 1.56 bits per heavy atom. The standard InChI is InChI=1S/C27H34N2O5/c1-6-29(27(4,5)25(31)32)24(30)15-23(17(2)3)28-26(33)34-16-22-20-13-9-7-11-18(20)19-12-8-10-14-21(19)22/h7-14,17,22-23H,6,15-16H2,1-5H3,(H,28,33)(H,31,32)/t23-/m1/s1. The van der Waals surface area contributed by atoms with E-state index < -0.39 is 23.6 Å². The number of carboxylic acid groups (broad SMARTS) is 1. The van der Waals surface area contributed by atoms with E-state index in [0.717, 1.165) is 22.3 Å². The summed E-state index contributed by atoms with van der Waals surface area (Å²) in [5.41, 5.74) is 3.22. The molecule has 0 spiro atoms. The lowest BCUT2D eigenvalue weighted by Gasteiger charge is -2.35. The van der Waals surface area contributed by atoms with Crippen molar-refractivity contribution < 1.29 is 24.2 Å². The van der Waals surface area contributed by atoms with E-state index >= 15 is 0 Å². The number of carboxylic acids is 1. The monoisotopic (exact) mass is 466 g/mol. The first-order valence-electron chi connectivity index (χ1n) is 11.7. The number of benzene rings is 2. The average Bonchev–Trinajstić information content (AvgIpc) is 3.11. The van der Waals surface area contributed by atoms with Crippen LogP contribution in [0.15, 0.2) is 48.5 Å². The predicted octanol–water partition coefficient (Wildman–Crippen LogP) is 4.65. The summed E-state index contributed by atoms with van der Waals surface area (Å²) in [5.74, 6) is -1.50. The van der Waals surface area contributed by atoms with Gasteiger partial charge >= 0.3 is 12.1 Å². The van der Waals surface area contributed by atoms with Crippen LogP contribution in [-0.2, 0) is 14.3 Å². The number of nitrogens with one attached hydrogen (secondary N) is 1. The summed E-state index contributed by atoms with van der Waals surface area (Å²) in [4.78, 5) is 38.6. The summed E-state index contributed by atoms with van der Waals surface area (Å²) in [6, 6.07) is 15.7. The van der Waals surface area contributed by atoms with Gasteiger partial charge in [0, 0.05) is 24.9 Å². The van der Waals surface area contributed by atoms with E-state index in [4.69, 9.17) is 4.74 Å². The van der Waals surface area contributed by atoms with Crippen LogP contribution in [0, 0.1) is 5.92 Å². The number of aliphatic carboxylic acids is 1. The van der Waals surface area contributed by atoms with Crippen LogP contribution in [0.2, 0.25) is 0 Å². The zero-order chi connectivity index (χ0) is 25.0. The summed E-state index contributed by atoms with van der Waals surface area (Å²) in [5, 5.41) is 12.3. The van der Waals surface area contributed by atoms with Gasteiger partial charge in [0.2, 0.25) is 5.91 Å². The molecule has 1 aliphatic carbocycles. The minimum Gasteiger partial charge on any atom is -0.480 e. The van der Waals surface area contributed by atoms with E-state index in [2.05, 4.69) is 29.6 Å². The number of carbonyl (C=O) groups is 3. The predicted molar refractivity (Wildman–Crippen MR) is 131 cm³/mol. The molecule has 34 heavy (non-hydrogen) atoms. The molecule has 0 aliphatic heterocycles. The van der Waals surface area contributed by atoms with Gasteiger partial charge in [-0.15, -0.1) is 0 Å². The first-order chi connectivity index (χ1) is 16.1. The second-order valence-corrected chi connectivity index (χ2v) is 9.53. The highest BCUT2D eigenvalue weighted by Gasteiger charge is 2.38. The minimum absolute atomic E-state index is 0.00753. The molecule has 0 radical (unpaired) electrons. The molecule has 0 heterocycles. The molecule has 1 aliphatic rings. The SMILES string of the molecule is CCN(C(=O)C[C@@H](NC(=O)OCC1c2ccccc2-c2ccccc21)C(C)C)C(C)(C)C(=O)O. The van der Waals surface area contributed by atoms with Crippen molar-refractivity contribution in [3.8, 4) is 11.1 Å². The third-order valence-electron chi connectivity index (χ3n) is 6.66. The van der Waals surface area contributed by atoms with Gasteiger partial charge in [-0.05, 0) is 48.9 Å². The van der Waals surface area contributed by atoms with Gasteiger partial charge in [0.15, 0.2) is 0 Å². The van der Waals surface area contributed by atoms with Crippen LogP contribution < -0.4 is 5.32 Å². The highest BCUT2D eigenvalue weighted by atomic mass is 16.5. The van der Waals surface area contributed by atoms with Crippen LogP contribution in [0.4, 0.5) is 4.79 Å². The van der Waals surface area contributed by atoms with Crippen molar-refractivity contribution in [2.45, 2.75) is 58.5 Å². The fourth-order valence-electron chi connectivity index (χ4n) is 4.54. The normalized spacial score (nSPS) is 13.7. The fraction of sp³-hybridized carbons (Fsp3) is 0.444. The second kappa shape index (κ2) is 10.3. The van der Waals surface area contributed by atoms with Gasteiger partial charge in [-0.1, -0.05) is 62.4 Å². The van der Waals surface area contributed by atoms with E-state index in [0.29, 0.717) is 0 Å². The zero-order valence-electron chi connectivity index (χ0n) is 20.5. The number of hydrogen-bond donors (Lipinski definition) is 2. The van der Waals surface area contributed by atoms with Crippen molar-refractivity contribution in [3.63, 3.8) is 0 Å². The first-order valence-corrected chi connectivity index (χ1v) is 11.7. The lowest BCUT2D eigenvalue weighted by Crippen LogP contribution is -2.54. The maximum atomic E-state index is 12.9. The van der Waals surface area contributed by atoms with Gasteiger partial charge in [0.05, 0.1) is 0 Å². The Hall–Kier alpha value is -3.35. The molecule has 0 saturated carbocycles. The van der Waals surface area contributed by atoms with E-state index in [-0.39, 0.29) is 37.3 Å². The summed E-state index contributed by atoms with van der Waals surface area (Å²) in [6.45, 7) is 8.99. The number of amides is 2. The van der Waals surface area contributed by atoms with Gasteiger partial charge in [0.1, 0.15) is 12.1 Å². The van der Waals surface area contributed by atoms with Crippen molar-refractivity contribution in [2.24, 2.45) is 5.92 Å². The zero-order valence-corrected chi connectivity index (χ0v) is 20.5. The third-order valence-corrected chi connectivity index (χ3v) is 6.66. The van der Waals surface area contributed by atoms with Gasteiger partial charge < -0.3 is 20.1 Å². The molecule has 0 saturated heterocycles. The Morgan fingerprint density at radius 3 is 2.03 bits per heavy atom. The Morgan fingerprint density at radius 1 is 1.03 bits per heavy atom. The molecule has 1 atom stereocenters. The van der Waals surface area contributed by atoms with Gasteiger partial charge in [-0.2, -0.15) is 0 Å². The number of nitrogens with zero attached hydrogens (tertiary/aromatic N) is 1. The lowest BCUT2D eigenvalue weighted by molar-refractivity contribution is -0.157. The van der Waals surface area contributed by atoms with Gasteiger partial charge in [-0.25, -0.2) is 9.59 Å². The fourth-order valence-corrected chi connectivity index (χ4v) is 4.54. The molecule has 3 rings (SSSR count). The number of likely N-dealkylation sites (N-methyl/N-ethyl adjacent to an activating group) is 1. The molecule has 2 amide bonds. The Kier molecular flexibility index (Phi) is 7.64. The minimum atomic E-state index is -1.34. The third kappa shape index (κ3) is 5.08. The number of hydrogen-bond acceptors (Lipinski definition) is 4. The van der Waals surface area contributed by atoms with E-state index in [1.165, 1.54) is 18.7 Å². The molecule has 182 valence electrons. The Bertz CT molecular complexity index is 1020. The van der Waals surface area contributed by atoms with Crippen molar-refractivity contribution in [1.29, 1.82) is 0 Å². The number of fused-ring (bicyclic) bond motifs is 3. The van der Waals surface area contributed by atoms with E-state index in [9.17, 15) is 19.5 Å². The van der Waals surface area contributed by atoms with Crippen LogP contribution in [0.25, 0.3) is 11.1 Å². The topological polar surface area (TPSA) is 95.9 Å². The molecule has 2 aromatic rings. The number of alkyl carbamates (subject to hydrolysis) is 1. The molecular weight excluding hydrogens is 432 g/mol. The maximum Gasteiger partial charge on any atom is 0.407 e. The lowest BCUT2D eigenvalue weighted by atomic mass is 9.97. The molecule has 7 heteroatoms. The van der Waals surface area contributed by atoms with E-state index in [1.807, 2.05) is 38.1 Å². The van der Waals surface area contributed by atoms with Crippen LogP contribution in [0.5, 0.6) is 0 Å². The highest BCUT2D eigenvalue weighted by Crippen LogP contribution is 2.44. The van der Waals surface area contributed by atoms with Crippen LogP contribution in [0.3, 0.4) is 0 Å². The largest absolute Gasteiger partial charge is 0.480 e. The van der Waals surface area contributed by atoms with Crippen molar-refractivity contribution in [2.75, 3.05) is 13.2 Å². The number of rotatable bonds is 9. The quantitative estimate of drug-likeness (QED) is 0.561. The summed E-state index contributed by atoms with van der Waals surface area (Å²) >= 11 is 0. The summed E-state index contributed by atoms with van der Waals surface area (Å²) in [6.07, 6.45) is -0.597. The van der Waals surface area contributed by atoms with Crippen molar-refractivity contribution >= 4 is 18.0 Å². The van der Waals surface area contributed by atoms with Crippen LogP contribution in [-0.4, -0.2) is 52.7 Å². The molecular formula is C27H34N2O5. The van der Waals surface area contributed by atoms with Crippen molar-refractivity contribution in [3.05, 3.63) is 59.7 Å². The molecule has 2 N–H and O–H groups in total. The van der Waals surface area contributed by atoms with Crippen molar-refractivity contribution in [1.82, 2.24) is 10.2 Å².